The molecule has 0 saturated carbocycles. The minimum absolute atomic E-state index is 0. The lowest BCUT2D eigenvalue weighted by molar-refractivity contribution is -0.384. The maximum Gasteiger partial charge on any atom is 0.269 e. The number of halogens is 2. The quantitative estimate of drug-likeness (QED) is 0.132. The molecule has 2 rings (SSSR count). The molecule has 2 aromatic rings. The average Bonchev–Trinajstić information content (AvgIpc) is 2.66. The molecular formula is C19H24ClIN4O3. The van der Waals surface area contributed by atoms with Gasteiger partial charge in [0.15, 0.2) is 5.96 Å². The predicted molar refractivity (Wildman–Crippen MR) is 123 cm³/mol. The Morgan fingerprint density at radius 3 is 2.50 bits per heavy atom. The number of benzene rings is 2. The third-order valence-corrected chi connectivity index (χ3v) is 4.00. The van der Waals surface area contributed by atoms with Crippen LogP contribution in [0.3, 0.4) is 0 Å². The number of rotatable bonds is 9. The third-order valence-electron chi connectivity index (χ3n) is 3.76. The number of hydrogen-bond donors (Lipinski definition) is 2. The van der Waals surface area contributed by atoms with Crippen LogP contribution in [0.1, 0.15) is 11.1 Å². The van der Waals surface area contributed by atoms with Crippen molar-refractivity contribution in [2.45, 2.75) is 13.0 Å². The number of hydrogen-bond acceptors (Lipinski definition) is 4. The second-order valence-corrected chi connectivity index (χ2v) is 6.25. The summed E-state index contributed by atoms with van der Waals surface area (Å²) >= 11 is 6.01. The molecule has 0 radical (unpaired) electrons. The van der Waals surface area contributed by atoms with E-state index in [9.17, 15) is 10.1 Å². The van der Waals surface area contributed by atoms with E-state index in [-0.39, 0.29) is 29.7 Å². The molecular weight excluding hydrogens is 495 g/mol. The van der Waals surface area contributed by atoms with Crippen LogP contribution in [0, 0.1) is 10.1 Å². The first-order chi connectivity index (χ1) is 13.1. The summed E-state index contributed by atoms with van der Waals surface area (Å²) in [4.78, 5) is 14.8. The van der Waals surface area contributed by atoms with Gasteiger partial charge in [0.2, 0.25) is 0 Å². The number of aliphatic imine (C=N–C) groups is 1. The minimum Gasteiger partial charge on any atom is -0.383 e. The van der Waals surface area contributed by atoms with Crippen LogP contribution in [0.25, 0.3) is 0 Å². The zero-order chi connectivity index (χ0) is 19.5. The SMILES string of the molecule is COCCNC(=NCc1ccc([N+](=O)[O-])cc1)NCCc1cccc(Cl)c1.I. The summed E-state index contributed by atoms with van der Waals surface area (Å²) in [5.41, 5.74) is 2.10. The van der Waals surface area contributed by atoms with Gasteiger partial charge in [0.05, 0.1) is 18.1 Å². The average molecular weight is 519 g/mol. The molecule has 0 bridgehead atoms. The fourth-order valence-electron chi connectivity index (χ4n) is 2.36. The van der Waals surface area contributed by atoms with Crippen molar-refractivity contribution in [1.82, 2.24) is 10.6 Å². The van der Waals surface area contributed by atoms with E-state index in [0.717, 1.165) is 22.6 Å². The highest BCUT2D eigenvalue weighted by atomic mass is 127. The zero-order valence-corrected chi connectivity index (χ0v) is 18.6. The molecule has 0 heterocycles. The number of nitrogens with one attached hydrogen (secondary N) is 2. The normalized spacial score (nSPS) is 10.9. The van der Waals surface area contributed by atoms with Crippen molar-refractivity contribution in [2.24, 2.45) is 4.99 Å². The Balaban J connectivity index is 0.00000392. The van der Waals surface area contributed by atoms with E-state index < -0.39 is 4.92 Å². The van der Waals surface area contributed by atoms with E-state index in [1.807, 2.05) is 24.3 Å². The van der Waals surface area contributed by atoms with Gasteiger partial charge in [-0.1, -0.05) is 35.9 Å². The number of nitro groups is 1. The Kier molecular flexibility index (Phi) is 11.5. The fourth-order valence-corrected chi connectivity index (χ4v) is 2.57. The molecule has 0 amide bonds. The van der Waals surface area contributed by atoms with Crippen LogP contribution in [0.5, 0.6) is 0 Å². The number of nitrogens with zero attached hydrogens (tertiary/aromatic N) is 2. The molecule has 9 heteroatoms. The summed E-state index contributed by atoms with van der Waals surface area (Å²) < 4.78 is 5.05. The number of ether oxygens (including phenoxy) is 1. The van der Waals surface area contributed by atoms with Crippen LogP contribution in [-0.2, 0) is 17.7 Å². The minimum atomic E-state index is -0.415. The molecule has 0 fully saturated rings. The van der Waals surface area contributed by atoms with Crippen LogP contribution >= 0.6 is 35.6 Å². The summed E-state index contributed by atoms with van der Waals surface area (Å²) in [6, 6.07) is 14.1. The Bertz CT molecular complexity index is 772. The van der Waals surface area contributed by atoms with Crippen molar-refractivity contribution in [3.05, 3.63) is 74.8 Å². The Hall–Kier alpha value is -1.91. The van der Waals surface area contributed by atoms with E-state index in [1.165, 1.54) is 12.1 Å². The van der Waals surface area contributed by atoms with Crippen LogP contribution in [0.2, 0.25) is 5.02 Å². The van der Waals surface area contributed by atoms with Gasteiger partial charge in [0.1, 0.15) is 0 Å². The van der Waals surface area contributed by atoms with Crippen molar-refractivity contribution in [2.75, 3.05) is 26.8 Å². The highest BCUT2D eigenvalue weighted by Crippen LogP contribution is 2.12. The van der Waals surface area contributed by atoms with Gasteiger partial charge >= 0.3 is 0 Å². The largest absolute Gasteiger partial charge is 0.383 e. The maximum absolute atomic E-state index is 10.7. The molecule has 0 unspecified atom stereocenters. The number of nitro benzene ring substituents is 1. The highest BCUT2D eigenvalue weighted by Gasteiger charge is 2.04. The Morgan fingerprint density at radius 2 is 1.86 bits per heavy atom. The molecule has 0 aliphatic rings. The summed E-state index contributed by atoms with van der Waals surface area (Å²) in [6.07, 6.45) is 0.809. The first kappa shape index (κ1) is 24.1. The molecule has 152 valence electrons. The number of guanidine groups is 1. The van der Waals surface area contributed by atoms with Gasteiger partial charge < -0.3 is 15.4 Å². The van der Waals surface area contributed by atoms with Crippen LogP contribution in [0.4, 0.5) is 5.69 Å². The monoisotopic (exact) mass is 518 g/mol. The molecule has 0 saturated heterocycles. The second-order valence-electron chi connectivity index (χ2n) is 5.81. The zero-order valence-electron chi connectivity index (χ0n) is 15.6. The first-order valence-corrected chi connectivity index (χ1v) is 8.95. The van der Waals surface area contributed by atoms with Crippen molar-refractivity contribution < 1.29 is 9.66 Å². The summed E-state index contributed by atoms with van der Waals surface area (Å²) in [5, 5.41) is 17.9. The molecule has 28 heavy (non-hydrogen) atoms. The molecule has 0 aliphatic carbocycles. The molecule has 0 aliphatic heterocycles. The van der Waals surface area contributed by atoms with E-state index in [1.54, 1.807) is 19.2 Å². The van der Waals surface area contributed by atoms with Gasteiger partial charge in [-0.25, -0.2) is 4.99 Å². The number of non-ortho nitro benzene ring substituents is 1. The van der Waals surface area contributed by atoms with Gasteiger partial charge in [-0.15, -0.1) is 24.0 Å². The summed E-state index contributed by atoms with van der Waals surface area (Å²) in [7, 11) is 1.64. The molecule has 2 N–H and O–H groups in total. The lowest BCUT2D eigenvalue weighted by Crippen LogP contribution is -2.40. The smallest absolute Gasteiger partial charge is 0.269 e. The fraction of sp³-hybridized carbons (Fsp3) is 0.316. The third kappa shape index (κ3) is 8.85. The topological polar surface area (TPSA) is 88.8 Å². The van der Waals surface area contributed by atoms with Crippen LogP contribution in [-0.4, -0.2) is 37.7 Å². The first-order valence-electron chi connectivity index (χ1n) is 8.57. The second kappa shape index (κ2) is 13.3. The Morgan fingerprint density at radius 1 is 1.14 bits per heavy atom. The maximum atomic E-state index is 10.7. The Labute approximate surface area is 186 Å². The van der Waals surface area contributed by atoms with E-state index in [0.29, 0.717) is 32.2 Å². The van der Waals surface area contributed by atoms with Gasteiger partial charge in [0, 0.05) is 37.4 Å². The number of methoxy groups -OCH3 is 1. The molecule has 2 aromatic carbocycles. The van der Waals surface area contributed by atoms with Crippen LogP contribution < -0.4 is 10.6 Å². The summed E-state index contributed by atoms with van der Waals surface area (Å²) in [6.45, 7) is 2.29. The van der Waals surface area contributed by atoms with Crippen molar-refractivity contribution in [1.29, 1.82) is 0 Å². The van der Waals surface area contributed by atoms with Crippen molar-refractivity contribution in [3.63, 3.8) is 0 Å². The van der Waals surface area contributed by atoms with Gasteiger partial charge in [-0.3, -0.25) is 10.1 Å². The van der Waals surface area contributed by atoms with Gasteiger partial charge in [-0.05, 0) is 29.7 Å². The van der Waals surface area contributed by atoms with Crippen molar-refractivity contribution >= 4 is 47.2 Å². The van der Waals surface area contributed by atoms with E-state index in [4.69, 9.17) is 16.3 Å². The lowest BCUT2D eigenvalue weighted by Gasteiger charge is -2.12. The predicted octanol–water partition coefficient (Wildman–Crippen LogP) is 3.79. The summed E-state index contributed by atoms with van der Waals surface area (Å²) in [5.74, 6) is 0.660. The lowest BCUT2D eigenvalue weighted by atomic mass is 10.1. The highest BCUT2D eigenvalue weighted by molar-refractivity contribution is 14.0. The standard InChI is InChI=1S/C19H23ClN4O3.HI/c1-27-12-11-22-19(21-10-9-15-3-2-4-17(20)13-15)23-14-16-5-7-18(8-6-16)24(25)26;/h2-8,13H,9-12,14H2,1H3,(H2,21,22,23);1H. The molecule has 0 spiro atoms. The van der Waals surface area contributed by atoms with E-state index >= 15 is 0 Å². The van der Waals surface area contributed by atoms with Crippen molar-refractivity contribution in [3.8, 4) is 0 Å². The van der Waals surface area contributed by atoms with Crippen LogP contribution in [0.15, 0.2) is 53.5 Å². The molecule has 0 atom stereocenters. The van der Waals surface area contributed by atoms with Gasteiger partial charge in [-0.2, -0.15) is 0 Å². The van der Waals surface area contributed by atoms with Gasteiger partial charge in [0.25, 0.3) is 5.69 Å². The van der Waals surface area contributed by atoms with E-state index in [2.05, 4.69) is 15.6 Å². The molecule has 0 aromatic heterocycles. The molecule has 7 nitrogen and oxygen atoms in total.